The Morgan fingerprint density at radius 2 is 2.17 bits per heavy atom. The molecule has 1 atom stereocenters. The van der Waals surface area contributed by atoms with E-state index in [1.807, 2.05) is 14.0 Å². The molecule has 3 nitrogen and oxygen atoms in total. The lowest BCUT2D eigenvalue weighted by Crippen LogP contribution is -2.42. The molecule has 0 amide bonds. The third-order valence-electron chi connectivity index (χ3n) is 4.25. The van der Waals surface area contributed by atoms with Crippen molar-refractivity contribution in [3.05, 3.63) is 23.2 Å². The second kappa shape index (κ2) is 5.45. The first-order valence-electron chi connectivity index (χ1n) is 6.95. The maximum atomic E-state index is 5.87. The summed E-state index contributed by atoms with van der Waals surface area (Å²) >= 11 is 0. The van der Waals surface area contributed by atoms with Crippen LogP contribution in [0.15, 0.2) is 10.5 Å². The van der Waals surface area contributed by atoms with E-state index in [-0.39, 0.29) is 11.6 Å². The normalized spacial score (nSPS) is 19.6. The van der Waals surface area contributed by atoms with Crippen molar-refractivity contribution in [2.24, 2.45) is 0 Å². The van der Waals surface area contributed by atoms with Crippen molar-refractivity contribution in [1.29, 1.82) is 0 Å². The first-order valence-corrected chi connectivity index (χ1v) is 6.95. The van der Waals surface area contributed by atoms with E-state index in [0.717, 1.165) is 24.5 Å². The van der Waals surface area contributed by atoms with Crippen LogP contribution in [0.5, 0.6) is 0 Å². The van der Waals surface area contributed by atoms with Gasteiger partial charge in [0, 0.05) is 7.11 Å². The van der Waals surface area contributed by atoms with E-state index < -0.39 is 0 Å². The van der Waals surface area contributed by atoms with Crippen molar-refractivity contribution >= 4 is 0 Å². The number of ether oxygens (including phenoxy) is 1. The van der Waals surface area contributed by atoms with E-state index in [4.69, 9.17) is 9.15 Å². The van der Waals surface area contributed by atoms with Crippen LogP contribution in [0.25, 0.3) is 0 Å². The summed E-state index contributed by atoms with van der Waals surface area (Å²) in [5.74, 6) is 2.07. The highest BCUT2D eigenvalue weighted by atomic mass is 16.5. The molecule has 1 aromatic rings. The molecule has 1 aliphatic rings. The Labute approximate surface area is 110 Å². The van der Waals surface area contributed by atoms with Crippen LogP contribution in [-0.2, 0) is 4.74 Å². The van der Waals surface area contributed by atoms with E-state index in [9.17, 15) is 0 Å². The lowest BCUT2D eigenvalue weighted by atomic mass is 9.75. The Hall–Kier alpha value is -0.800. The molecule has 0 bridgehead atoms. The van der Waals surface area contributed by atoms with Crippen molar-refractivity contribution in [3.8, 4) is 0 Å². The zero-order valence-electron chi connectivity index (χ0n) is 12.0. The zero-order chi connectivity index (χ0) is 13.2. The van der Waals surface area contributed by atoms with Crippen molar-refractivity contribution in [2.75, 3.05) is 13.7 Å². The van der Waals surface area contributed by atoms with Gasteiger partial charge in [-0.3, -0.25) is 0 Å². The monoisotopic (exact) mass is 251 g/mol. The van der Waals surface area contributed by atoms with Gasteiger partial charge in [-0.15, -0.1) is 0 Å². The fourth-order valence-corrected chi connectivity index (χ4v) is 2.73. The molecular weight excluding hydrogens is 226 g/mol. The molecule has 1 saturated carbocycles. The highest BCUT2D eigenvalue weighted by molar-refractivity contribution is 5.21. The van der Waals surface area contributed by atoms with Gasteiger partial charge < -0.3 is 14.5 Å². The average molecular weight is 251 g/mol. The topological polar surface area (TPSA) is 34.4 Å². The second-order valence-corrected chi connectivity index (χ2v) is 5.44. The van der Waals surface area contributed by atoms with Gasteiger partial charge in [-0.05, 0) is 57.7 Å². The molecule has 18 heavy (non-hydrogen) atoms. The number of rotatable bonds is 6. The molecule has 1 aliphatic carbocycles. The predicted molar refractivity (Wildman–Crippen MR) is 72.8 cm³/mol. The van der Waals surface area contributed by atoms with Gasteiger partial charge in [0.15, 0.2) is 0 Å². The third kappa shape index (κ3) is 2.62. The molecule has 0 radical (unpaired) electrons. The SMILES string of the molecule is CCNC(CC1(OC)CCC1)c1cc(C)c(C)o1. The summed E-state index contributed by atoms with van der Waals surface area (Å²) in [5.41, 5.74) is 1.30. The molecule has 1 N–H and O–H groups in total. The van der Waals surface area contributed by atoms with Crippen LogP contribution in [-0.4, -0.2) is 19.3 Å². The molecule has 1 unspecified atom stereocenters. The minimum absolute atomic E-state index is 0.0709. The van der Waals surface area contributed by atoms with Crippen LogP contribution in [0.3, 0.4) is 0 Å². The number of methoxy groups -OCH3 is 1. The first-order chi connectivity index (χ1) is 8.60. The minimum Gasteiger partial charge on any atom is -0.464 e. The van der Waals surface area contributed by atoms with Gasteiger partial charge in [0.25, 0.3) is 0 Å². The van der Waals surface area contributed by atoms with Crippen molar-refractivity contribution in [3.63, 3.8) is 0 Å². The summed E-state index contributed by atoms with van der Waals surface area (Å²) in [6, 6.07) is 2.42. The van der Waals surface area contributed by atoms with Crippen LogP contribution >= 0.6 is 0 Å². The average Bonchev–Trinajstić information content (AvgIpc) is 2.63. The summed E-state index contributed by atoms with van der Waals surface area (Å²) in [6.45, 7) is 7.21. The van der Waals surface area contributed by atoms with Gasteiger partial charge in [-0.1, -0.05) is 6.92 Å². The lowest BCUT2D eigenvalue weighted by Gasteiger charge is -2.42. The zero-order valence-corrected chi connectivity index (χ0v) is 12.0. The van der Waals surface area contributed by atoms with Crippen LogP contribution in [0.1, 0.15) is 55.7 Å². The van der Waals surface area contributed by atoms with Gasteiger partial charge >= 0.3 is 0 Å². The summed E-state index contributed by atoms with van der Waals surface area (Å²) in [4.78, 5) is 0. The molecule has 1 fully saturated rings. The first kappa shape index (κ1) is 13.6. The molecule has 0 aromatic carbocycles. The van der Waals surface area contributed by atoms with Crippen LogP contribution in [0.2, 0.25) is 0 Å². The third-order valence-corrected chi connectivity index (χ3v) is 4.25. The van der Waals surface area contributed by atoms with E-state index in [2.05, 4.69) is 25.2 Å². The summed E-state index contributed by atoms with van der Waals surface area (Å²) in [6.07, 6.45) is 4.63. The number of hydrogen-bond donors (Lipinski definition) is 1. The van der Waals surface area contributed by atoms with Crippen LogP contribution < -0.4 is 5.32 Å². The Kier molecular flexibility index (Phi) is 4.13. The largest absolute Gasteiger partial charge is 0.464 e. The Morgan fingerprint density at radius 1 is 1.44 bits per heavy atom. The van der Waals surface area contributed by atoms with Crippen LogP contribution in [0.4, 0.5) is 0 Å². The summed E-state index contributed by atoms with van der Waals surface area (Å²) in [5, 5.41) is 3.52. The van der Waals surface area contributed by atoms with Crippen molar-refractivity contribution in [1.82, 2.24) is 5.32 Å². The van der Waals surface area contributed by atoms with Gasteiger partial charge in [0.05, 0.1) is 11.6 Å². The molecule has 0 spiro atoms. The molecule has 102 valence electrons. The maximum Gasteiger partial charge on any atom is 0.121 e. The van der Waals surface area contributed by atoms with Crippen molar-refractivity contribution in [2.45, 2.75) is 58.1 Å². The molecule has 0 saturated heterocycles. The number of nitrogens with one attached hydrogen (secondary N) is 1. The van der Waals surface area contributed by atoms with Gasteiger partial charge in [-0.2, -0.15) is 0 Å². The Bertz CT molecular complexity index is 368. The van der Waals surface area contributed by atoms with E-state index >= 15 is 0 Å². The fourth-order valence-electron chi connectivity index (χ4n) is 2.73. The summed E-state index contributed by atoms with van der Waals surface area (Å²) in [7, 11) is 1.83. The van der Waals surface area contributed by atoms with E-state index in [1.165, 1.54) is 24.8 Å². The second-order valence-electron chi connectivity index (χ2n) is 5.44. The maximum absolute atomic E-state index is 5.87. The highest BCUT2D eigenvalue weighted by Crippen LogP contribution is 2.42. The lowest BCUT2D eigenvalue weighted by molar-refractivity contribution is -0.0848. The molecular formula is C15H25NO2. The van der Waals surface area contributed by atoms with Crippen LogP contribution in [0, 0.1) is 13.8 Å². The molecule has 0 aliphatic heterocycles. The van der Waals surface area contributed by atoms with Gasteiger partial charge in [-0.25, -0.2) is 0 Å². The number of hydrogen-bond acceptors (Lipinski definition) is 3. The number of aryl methyl sites for hydroxylation is 2. The van der Waals surface area contributed by atoms with Gasteiger partial charge in [0.2, 0.25) is 0 Å². The predicted octanol–water partition coefficient (Wildman–Crippen LogP) is 3.51. The van der Waals surface area contributed by atoms with Crippen molar-refractivity contribution < 1.29 is 9.15 Å². The minimum atomic E-state index is 0.0709. The highest BCUT2D eigenvalue weighted by Gasteiger charge is 2.39. The molecule has 1 heterocycles. The molecule has 3 heteroatoms. The summed E-state index contributed by atoms with van der Waals surface area (Å²) < 4.78 is 11.6. The standard InChI is InChI=1S/C15H25NO2/c1-5-16-13(10-15(17-4)7-6-8-15)14-9-11(2)12(3)18-14/h9,13,16H,5-8,10H2,1-4H3. The number of furan rings is 1. The fraction of sp³-hybridized carbons (Fsp3) is 0.733. The van der Waals surface area contributed by atoms with E-state index in [1.54, 1.807) is 0 Å². The Balaban J connectivity index is 2.12. The molecule has 2 rings (SSSR count). The molecule has 1 aromatic heterocycles. The quantitative estimate of drug-likeness (QED) is 0.840. The van der Waals surface area contributed by atoms with E-state index in [0.29, 0.717) is 0 Å². The smallest absolute Gasteiger partial charge is 0.121 e. The van der Waals surface area contributed by atoms with Gasteiger partial charge in [0.1, 0.15) is 11.5 Å². The Morgan fingerprint density at radius 3 is 2.56 bits per heavy atom.